The quantitative estimate of drug-likeness (QED) is 0.428. The molecule has 1 aromatic heterocycles. The van der Waals surface area contributed by atoms with Gasteiger partial charge in [-0.3, -0.25) is 9.59 Å². The molecule has 2 saturated heterocycles. The first kappa shape index (κ1) is 24.6. The fourth-order valence-corrected chi connectivity index (χ4v) is 5.38. The number of likely N-dealkylation sites (tertiary alicyclic amines) is 1. The van der Waals surface area contributed by atoms with Gasteiger partial charge in [-0.15, -0.1) is 5.10 Å². The second-order valence-electron chi connectivity index (χ2n) is 9.11. The lowest BCUT2D eigenvalue weighted by molar-refractivity contribution is -0.139. The van der Waals surface area contributed by atoms with Gasteiger partial charge in [0.05, 0.1) is 6.04 Å². The maximum Gasteiger partial charge on any atom is 0.245 e. The van der Waals surface area contributed by atoms with Gasteiger partial charge >= 0.3 is 0 Å². The van der Waals surface area contributed by atoms with E-state index in [4.69, 9.17) is 0 Å². The Hall–Kier alpha value is -2.56. The molecule has 0 bridgehead atoms. The largest absolute Gasteiger partial charge is 0.372 e. The third kappa shape index (κ3) is 5.73. The topological polar surface area (TPSA) is 111 Å². The Kier molecular flexibility index (Phi) is 8.47. The van der Waals surface area contributed by atoms with E-state index in [1.54, 1.807) is 7.05 Å². The zero-order valence-corrected chi connectivity index (χ0v) is 20.7. The first-order valence-electron chi connectivity index (χ1n) is 12.2. The van der Waals surface area contributed by atoms with Crippen LogP contribution < -0.4 is 21.3 Å². The number of carbonyl (C=O) groups excluding carboxylic acids is 2. The van der Waals surface area contributed by atoms with Crippen molar-refractivity contribution in [3.05, 3.63) is 30.3 Å². The van der Waals surface area contributed by atoms with Crippen molar-refractivity contribution < 1.29 is 9.59 Å². The Morgan fingerprint density at radius 2 is 1.97 bits per heavy atom. The minimum Gasteiger partial charge on any atom is -0.372 e. The van der Waals surface area contributed by atoms with Crippen LogP contribution in [0.3, 0.4) is 0 Å². The minimum absolute atomic E-state index is 0.0403. The molecule has 1 aromatic carbocycles. The summed E-state index contributed by atoms with van der Waals surface area (Å²) in [6.07, 6.45) is 3.67. The molecule has 2 unspecified atom stereocenters. The Bertz CT molecular complexity index is 948. The fourth-order valence-electron chi connectivity index (χ4n) is 4.79. The Labute approximate surface area is 205 Å². The molecule has 2 amide bonds. The lowest BCUT2D eigenvalue weighted by Crippen LogP contribution is -2.58. The van der Waals surface area contributed by atoms with Gasteiger partial charge in [0.2, 0.25) is 11.8 Å². The number of nitrogens with one attached hydrogen (secondary N) is 4. The summed E-state index contributed by atoms with van der Waals surface area (Å²) in [5.41, 5.74) is 1.85. The van der Waals surface area contributed by atoms with Crippen LogP contribution in [0.5, 0.6) is 0 Å². The van der Waals surface area contributed by atoms with Gasteiger partial charge in [-0.1, -0.05) is 34.8 Å². The fraction of sp³-hybridized carbons (Fsp3) is 0.583. The molecule has 2 aliphatic rings. The van der Waals surface area contributed by atoms with Gasteiger partial charge in [0.25, 0.3) is 0 Å². The van der Waals surface area contributed by atoms with E-state index in [0.717, 1.165) is 61.6 Å². The van der Waals surface area contributed by atoms with E-state index < -0.39 is 6.04 Å². The second kappa shape index (κ2) is 11.7. The first-order valence-corrected chi connectivity index (χ1v) is 13.0. The number of benzene rings is 1. The Morgan fingerprint density at radius 1 is 1.21 bits per heavy atom. The number of likely N-dealkylation sites (N-methyl/N-ethyl adjacent to an activating group) is 1. The maximum absolute atomic E-state index is 13.8. The molecule has 0 radical (unpaired) electrons. The average Bonchev–Trinajstić information content (AvgIpc) is 3.55. The highest BCUT2D eigenvalue weighted by atomic mass is 32.1. The standard InChI is InChI=1S/C24H35N7O2S/c1-16(25-2)22(32)28-21(18-10-12-26-13-11-18)24(33)31-14-6-9-19(31)15-27-23-20(29-30-34-23)17-7-4-3-5-8-17/h3-5,7-8,16,18-19,21,25-27H,6,9-15H2,1-2H3,(H,28,32)/t16-,19?,21?/m0/s1. The monoisotopic (exact) mass is 485 g/mol. The molecule has 9 nitrogen and oxygen atoms in total. The molecule has 2 fully saturated rings. The molecule has 0 aliphatic carbocycles. The van der Waals surface area contributed by atoms with Crippen LogP contribution in [0.15, 0.2) is 30.3 Å². The van der Waals surface area contributed by atoms with Crippen molar-refractivity contribution in [2.45, 2.75) is 50.7 Å². The number of carbonyl (C=O) groups is 2. The van der Waals surface area contributed by atoms with Crippen LogP contribution in [0.4, 0.5) is 5.00 Å². The molecule has 0 spiro atoms. The summed E-state index contributed by atoms with van der Waals surface area (Å²) in [7, 11) is 1.76. The summed E-state index contributed by atoms with van der Waals surface area (Å²) in [4.78, 5) is 28.4. The van der Waals surface area contributed by atoms with Crippen molar-refractivity contribution in [1.29, 1.82) is 0 Å². The third-order valence-corrected chi connectivity index (χ3v) is 7.62. The van der Waals surface area contributed by atoms with Crippen molar-refractivity contribution in [3.8, 4) is 11.3 Å². The number of rotatable bonds is 9. The van der Waals surface area contributed by atoms with Gasteiger partial charge in [-0.2, -0.15) is 0 Å². The summed E-state index contributed by atoms with van der Waals surface area (Å²) in [5, 5.41) is 18.1. The predicted molar refractivity (Wildman–Crippen MR) is 135 cm³/mol. The molecule has 184 valence electrons. The Morgan fingerprint density at radius 3 is 2.71 bits per heavy atom. The average molecular weight is 486 g/mol. The lowest BCUT2D eigenvalue weighted by Gasteiger charge is -2.35. The van der Waals surface area contributed by atoms with Crippen LogP contribution in [0.25, 0.3) is 11.3 Å². The van der Waals surface area contributed by atoms with Gasteiger partial charge < -0.3 is 26.2 Å². The van der Waals surface area contributed by atoms with Gasteiger partial charge in [0.15, 0.2) is 0 Å². The van der Waals surface area contributed by atoms with Crippen molar-refractivity contribution in [2.75, 3.05) is 38.5 Å². The second-order valence-corrected chi connectivity index (χ2v) is 9.86. The molecule has 2 aliphatic heterocycles. The van der Waals surface area contributed by atoms with E-state index in [9.17, 15) is 9.59 Å². The lowest BCUT2D eigenvalue weighted by atomic mass is 9.89. The highest BCUT2D eigenvalue weighted by Crippen LogP contribution is 2.30. The molecular formula is C24H35N7O2S. The van der Waals surface area contributed by atoms with Crippen LogP contribution in [0.1, 0.15) is 32.6 Å². The van der Waals surface area contributed by atoms with Gasteiger partial charge in [0, 0.05) is 36.2 Å². The zero-order valence-electron chi connectivity index (χ0n) is 19.9. The van der Waals surface area contributed by atoms with Crippen LogP contribution in [0.2, 0.25) is 0 Å². The first-order chi connectivity index (χ1) is 16.6. The molecule has 10 heteroatoms. The number of aromatic nitrogens is 2. The summed E-state index contributed by atoms with van der Waals surface area (Å²) in [6.45, 7) is 4.91. The van der Waals surface area contributed by atoms with Gasteiger partial charge in [-0.05, 0) is 58.7 Å². The predicted octanol–water partition coefficient (Wildman–Crippen LogP) is 1.70. The third-order valence-electron chi connectivity index (χ3n) is 6.94. The number of hydrogen-bond donors (Lipinski definition) is 4. The number of amides is 2. The maximum atomic E-state index is 13.8. The van der Waals surface area contributed by atoms with Gasteiger partial charge in [-0.25, -0.2) is 0 Å². The molecular weight excluding hydrogens is 450 g/mol. The normalized spacial score (nSPS) is 20.6. The summed E-state index contributed by atoms with van der Waals surface area (Å²) >= 11 is 1.33. The van der Waals surface area contributed by atoms with Crippen molar-refractivity contribution in [1.82, 2.24) is 30.4 Å². The molecule has 0 saturated carbocycles. The summed E-state index contributed by atoms with van der Waals surface area (Å²) in [5.74, 6) is 0.0569. The van der Waals surface area contributed by atoms with E-state index in [0.29, 0.717) is 6.54 Å². The van der Waals surface area contributed by atoms with Crippen LogP contribution in [-0.2, 0) is 9.59 Å². The van der Waals surface area contributed by atoms with E-state index in [2.05, 4.69) is 30.9 Å². The summed E-state index contributed by atoms with van der Waals surface area (Å²) < 4.78 is 4.13. The number of piperidine rings is 1. The number of nitrogens with zero attached hydrogens (tertiary/aromatic N) is 3. The minimum atomic E-state index is -0.490. The highest BCUT2D eigenvalue weighted by Gasteiger charge is 2.38. The smallest absolute Gasteiger partial charge is 0.245 e. The van der Waals surface area contributed by atoms with Crippen LogP contribution in [-0.4, -0.2) is 77.7 Å². The van der Waals surface area contributed by atoms with E-state index in [-0.39, 0.29) is 29.8 Å². The van der Waals surface area contributed by atoms with E-state index in [1.165, 1.54) is 11.5 Å². The zero-order chi connectivity index (χ0) is 23.9. The van der Waals surface area contributed by atoms with Crippen molar-refractivity contribution >= 4 is 28.3 Å². The SMILES string of the molecule is CN[C@@H](C)C(=O)NC(C(=O)N1CCCC1CNc1snnc1-c1ccccc1)C1CCNCC1. The Balaban J connectivity index is 1.45. The molecule has 3 atom stereocenters. The van der Waals surface area contributed by atoms with Crippen molar-refractivity contribution in [3.63, 3.8) is 0 Å². The van der Waals surface area contributed by atoms with Crippen LogP contribution >= 0.6 is 11.5 Å². The molecule has 2 aromatic rings. The van der Waals surface area contributed by atoms with E-state index in [1.807, 2.05) is 42.2 Å². The molecule has 34 heavy (non-hydrogen) atoms. The van der Waals surface area contributed by atoms with Crippen LogP contribution in [0, 0.1) is 5.92 Å². The summed E-state index contributed by atoms with van der Waals surface area (Å²) in [6, 6.07) is 9.23. The number of anilines is 1. The highest BCUT2D eigenvalue weighted by molar-refractivity contribution is 7.10. The number of hydrogen-bond acceptors (Lipinski definition) is 8. The van der Waals surface area contributed by atoms with E-state index >= 15 is 0 Å². The molecule has 4 rings (SSSR count). The molecule has 4 N–H and O–H groups in total. The molecule has 3 heterocycles. The van der Waals surface area contributed by atoms with Crippen molar-refractivity contribution in [2.24, 2.45) is 5.92 Å². The van der Waals surface area contributed by atoms with Gasteiger partial charge in [0.1, 0.15) is 16.7 Å².